The molecule has 6 heavy (non-hydrogen) atoms. The molecule has 0 amide bonds. The zero-order valence-electron chi connectivity index (χ0n) is 2.80. The van der Waals surface area contributed by atoms with Crippen molar-refractivity contribution in [3.63, 3.8) is 0 Å². The average Bonchev–Trinajstić information content (AvgIpc) is 0.918. The summed E-state index contributed by atoms with van der Waals surface area (Å²) >= 11 is 0. The van der Waals surface area contributed by atoms with Gasteiger partial charge in [0, 0.05) is 26.2 Å². The van der Waals surface area contributed by atoms with Gasteiger partial charge >= 0.3 is 0 Å². The van der Waals surface area contributed by atoms with Gasteiger partial charge in [-0.2, -0.15) is 0 Å². The van der Waals surface area contributed by atoms with Crippen molar-refractivity contribution in [1.82, 2.24) is 0 Å². The van der Waals surface area contributed by atoms with Gasteiger partial charge in [-0.05, 0) is 0 Å². The van der Waals surface area contributed by atoms with Crippen LogP contribution in [-0.4, -0.2) is 21.5 Å². The Morgan fingerprint density at radius 2 is 1.00 bits per heavy atom. The molecule has 0 heterocycles. The maximum atomic E-state index is 6.62. The van der Waals surface area contributed by atoms with Crippen LogP contribution >= 0.6 is 0 Å². The Balaban J connectivity index is -0.00000000667. The normalized spacial score (nSPS) is 3.00. The van der Waals surface area contributed by atoms with E-state index in [0.29, 0.717) is 0 Å². The van der Waals surface area contributed by atoms with E-state index >= 15 is 0 Å². The minimum Gasteiger partial charge on any atom is -0.412 e. The van der Waals surface area contributed by atoms with Gasteiger partial charge in [0.25, 0.3) is 0 Å². The largest absolute Gasteiger partial charge is 0.412 e. The zero-order valence-corrected chi connectivity index (χ0v) is 5.26. The molecule has 0 unspecified atom stereocenters. The molecule has 6 heteroatoms. The van der Waals surface area contributed by atoms with Crippen LogP contribution in [0.15, 0.2) is 0 Å². The van der Waals surface area contributed by atoms with E-state index in [-0.39, 0.29) is 37.2 Å². The fraction of sp³-hybridized carbons (Fsp3) is 0. The minimum absolute atomic E-state index is 0. The van der Waals surface area contributed by atoms with E-state index in [0.717, 1.165) is 0 Å². The Labute approximate surface area is 53.1 Å². The third kappa shape index (κ3) is 136. The summed E-state index contributed by atoms with van der Waals surface area (Å²) in [4.78, 5) is 0. The number of hydrogen-bond donors (Lipinski definition) is 2. The second-order valence-corrected chi connectivity index (χ2v) is 0.0816. The van der Waals surface area contributed by atoms with E-state index in [4.69, 9.17) is 10.5 Å². The summed E-state index contributed by atoms with van der Waals surface area (Å²) in [5.41, 5.74) is 0. The first-order valence-electron chi connectivity index (χ1n) is 0.365. The Morgan fingerprint density at radius 1 is 1.00 bits per heavy atom. The molecule has 0 fully saturated rings. The molecule has 0 bridgehead atoms. The summed E-state index contributed by atoms with van der Waals surface area (Å²) in [6, 6.07) is 0. The second kappa shape index (κ2) is 44.0. The summed E-state index contributed by atoms with van der Waals surface area (Å²) in [7, 11) is 0. The van der Waals surface area contributed by atoms with Gasteiger partial charge < -0.3 is 11.0 Å². The predicted octanol–water partition coefficient (Wildman–Crippen LogP) is -1.70. The van der Waals surface area contributed by atoms with Crippen LogP contribution in [0.1, 0.15) is 0 Å². The average molecular weight is 177 g/mol. The summed E-state index contributed by atoms with van der Waals surface area (Å²) in [6.45, 7) is 0. The van der Waals surface area contributed by atoms with Crippen molar-refractivity contribution in [1.29, 1.82) is 0 Å². The first-order chi connectivity index (χ1) is 1.41. The molecule has 0 aliphatic rings. The smallest absolute Gasteiger partial charge is 0 e. The Hall–Kier alpha value is 0.683. The molecule has 0 aromatic carbocycles. The van der Waals surface area contributed by atoms with Gasteiger partial charge in [0.05, 0.1) is 0 Å². The Kier molecular flexibility index (Phi) is 220. The van der Waals surface area contributed by atoms with Gasteiger partial charge in [0.2, 0.25) is 0 Å². The van der Waals surface area contributed by atoms with Gasteiger partial charge in [0.15, 0.2) is 0 Å². The minimum atomic E-state index is 0. The molecular formula is H6O5Zr. The van der Waals surface area contributed by atoms with E-state index in [9.17, 15) is 0 Å². The van der Waals surface area contributed by atoms with Crippen molar-refractivity contribution in [2.45, 2.75) is 0 Å². The van der Waals surface area contributed by atoms with Crippen molar-refractivity contribution in [3.05, 3.63) is 0 Å². The molecule has 0 aliphatic carbocycles. The maximum Gasteiger partial charge on any atom is 0 e. The van der Waals surface area contributed by atoms with Crippen LogP contribution in [-0.2, 0) is 31.2 Å². The molecule has 0 atom stereocenters. The van der Waals surface area contributed by atoms with E-state index in [1.807, 2.05) is 0 Å². The van der Waals surface area contributed by atoms with E-state index in [2.05, 4.69) is 5.04 Å². The SMILES string of the molecule is O.O.OOO.[Zr]. The quantitative estimate of drug-likeness (QED) is 0.339. The Morgan fingerprint density at radius 3 is 1.00 bits per heavy atom. The third-order valence-corrected chi connectivity index (χ3v) is 0. The van der Waals surface area contributed by atoms with E-state index in [1.54, 1.807) is 0 Å². The summed E-state index contributed by atoms with van der Waals surface area (Å²) in [5.74, 6) is 0. The topological polar surface area (TPSA) is 113 Å². The van der Waals surface area contributed by atoms with E-state index in [1.165, 1.54) is 0 Å². The van der Waals surface area contributed by atoms with Gasteiger partial charge in [-0.25, -0.2) is 10.5 Å². The molecule has 0 saturated carbocycles. The molecule has 0 aromatic heterocycles. The summed E-state index contributed by atoms with van der Waals surface area (Å²) < 4.78 is 0. The maximum absolute atomic E-state index is 6.62. The van der Waals surface area contributed by atoms with Crippen molar-refractivity contribution in [3.8, 4) is 0 Å². The van der Waals surface area contributed by atoms with Gasteiger partial charge in [-0.3, -0.25) is 0 Å². The fourth-order valence-electron chi connectivity index (χ4n) is 0. The predicted molar refractivity (Wildman–Crippen MR) is 13.6 cm³/mol. The number of hydrogen-bond acceptors (Lipinski definition) is 3. The molecule has 0 radical (unpaired) electrons. The molecule has 0 rings (SSSR count). The van der Waals surface area contributed by atoms with Crippen molar-refractivity contribution in [2.24, 2.45) is 0 Å². The molecule has 0 spiro atoms. The van der Waals surface area contributed by atoms with Crippen LogP contribution < -0.4 is 0 Å². The summed E-state index contributed by atoms with van der Waals surface area (Å²) in [6.07, 6.45) is 0. The van der Waals surface area contributed by atoms with Crippen LogP contribution in [0.5, 0.6) is 0 Å². The number of rotatable bonds is 0. The zero-order chi connectivity index (χ0) is 2.71. The van der Waals surface area contributed by atoms with Crippen LogP contribution in [0.3, 0.4) is 0 Å². The van der Waals surface area contributed by atoms with Crippen LogP contribution in [0, 0.1) is 0 Å². The molecule has 5 nitrogen and oxygen atoms in total. The van der Waals surface area contributed by atoms with Crippen molar-refractivity contribution < 1.29 is 52.7 Å². The Bertz CT molecular complexity index is 3.90. The molecule has 0 aromatic rings. The second-order valence-electron chi connectivity index (χ2n) is 0.0816. The van der Waals surface area contributed by atoms with Crippen LogP contribution in [0.4, 0.5) is 0 Å². The van der Waals surface area contributed by atoms with Gasteiger partial charge in [-0.15, -0.1) is 0 Å². The molecular weight excluding hydrogens is 171 g/mol. The van der Waals surface area contributed by atoms with Crippen molar-refractivity contribution >= 4 is 0 Å². The monoisotopic (exact) mass is 176 g/mol. The van der Waals surface area contributed by atoms with Crippen LogP contribution in [0.2, 0.25) is 0 Å². The van der Waals surface area contributed by atoms with Crippen LogP contribution in [0.25, 0.3) is 0 Å². The molecule has 0 aliphatic heterocycles. The van der Waals surface area contributed by atoms with Gasteiger partial charge in [0.1, 0.15) is 0 Å². The van der Waals surface area contributed by atoms with E-state index < -0.39 is 0 Å². The molecule has 0 saturated heterocycles. The van der Waals surface area contributed by atoms with Gasteiger partial charge in [-0.1, -0.05) is 5.04 Å². The fourth-order valence-corrected chi connectivity index (χ4v) is 0. The first kappa shape index (κ1) is 30.0. The first-order valence-corrected chi connectivity index (χ1v) is 0.365. The standard InChI is InChI=1S/H2O3.2H2O.Zr/c1-3-2;;;/h1-2H;2*1H2;. The van der Waals surface area contributed by atoms with Crippen molar-refractivity contribution in [2.75, 3.05) is 0 Å². The molecule has 6 N–H and O–H groups in total. The summed E-state index contributed by atoms with van der Waals surface area (Å²) in [5, 5.41) is 15.5. The third-order valence-electron chi connectivity index (χ3n) is 0. The molecule has 40 valence electrons.